The molecule has 0 aliphatic heterocycles. The summed E-state index contributed by atoms with van der Waals surface area (Å²) in [7, 11) is 0. The van der Waals surface area contributed by atoms with Gasteiger partial charge in [0.15, 0.2) is 0 Å². The number of hydrogen-bond acceptors (Lipinski definition) is 3. The van der Waals surface area contributed by atoms with E-state index in [4.69, 9.17) is 10.5 Å². The second-order valence-electron chi connectivity index (χ2n) is 5.30. The van der Waals surface area contributed by atoms with Gasteiger partial charge in [0.05, 0.1) is 11.1 Å². The van der Waals surface area contributed by atoms with Gasteiger partial charge in [-0.05, 0) is 38.5 Å². The molecule has 2 N–H and O–H groups in total. The van der Waals surface area contributed by atoms with E-state index in [1.54, 1.807) is 18.2 Å². The molecule has 0 saturated heterocycles. The van der Waals surface area contributed by atoms with Gasteiger partial charge in [-0.15, -0.1) is 0 Å². The Labute approximate surface area is 125 Å². The molecule has 0 saturated carbocycles. The lowest BCUT2D eigenvalue weighted by Crippen LogP contribution is -2.29. The lowest BCUT2D eigenvalue weighted by atomic mass is 9.97. The first kappa shape index (κ1) is 16.7. The molecule has 0 spiro atoms. The summed E-state index contributed by atoms with van der Waals surface area (Å²) >= 11 is 0. The fourth-order valence-corrected chi connectivity index (χ4v) is 2.00. The van der Waals surface area contributed by atoms with Crippen LogP contribution in [0.15, 0.2) is 48.6 Å². The fourth-order valence-electron chi connectivity index (χ4n) is 2.00. The zero-order valence-corrected chi connectivity index (χ0v) is 12.7. The van der Waals surface area contributed by atoms with Crippen LogP contribution in [0, 0.1) is 0 Å². The molecular formula is C17H21NO3. The van der Waals surface area contributed by atoms with Crippen LogP contribution in [0.1, 0.15) is 47.9 Å². The number of primary amides is 1. The van der Waals surface area contributed by atoms with Crippen LogP contribution in [0.4, 0.5) is 0 Å². The molecule has 1 amide bonds. The molecule has 21 heavy (non-hydrogen) atoms. The Bertz CT molecular complexity index is 585. The van der Waals surface area contributed by atoms with E-state index in [1.807, 2.05) is 26.8 Å². The first-order chi connectivity index (χ1) is 9.80. The number of benzene rings is 1. The Hall–Kier alpha value is -2.36. The summed E-state index contributed by atoms with van der Waals surface area (Å²) in [5, 5.41) is 0. The van der Waals surface area contributed by atoms with Crippen molar-refractivity contribution in [2.75, 3.05) is 0 Å². The average Bonchev–Trinajstić information content (AvgIpc) is 2.44. The molecule has 0 fully saturated rings. The summed E-state index contributed by atoms with van der Waals surface area (Å²) < 4.78 is 5.51. The van der Waals surface area contributed by atoms with E-state index in [1.165, 1.54) is 12.1 Å². The van der Waals surface area contributed by atoms with Crippen LogP contribution < -0.4 is 5.73 Å². The van der Waals surface area contributed by atoms with Gasteiger partial charge in [0.25, 0.3) is 0 Å². The van der Waals surface area contributed by atoms with Gasteiger partial charge in [-0.25, -0.2) is 4.79 Å². The van der Waals surface area contributed by atoms with Crippen molar-refractivity contribution in [3.05, 3.63) is 59.7 Å². The van der Waals surface area contributed by atoms with Crippen molar-refractivity contribution in [2.24, 2.45) is 5.73 Å². The molecule has 1 rings (SSSR count). The highest BCUT2D eigenvalue weighted by Gasteiger charge is 2.26. The highest BCUT2D eigenvalue weighted by atomic mass is 16.6. The number of carbonyl (C=O) groups excluding carboxylic acids is 2. The van der Waals surface area contributed by atoms with Crippen molar-refractivity contribution < 1.29 is 14.3 Å². The number of allylic oxidation sites excluding steroid dienone is 2. The molecule has 0 bridgehead atoms. The lowest BCUT2D eigenvalue weighted by Gasteiger charge is -2.26. The van der Waals surface area contributed by atoms with Crippen molar-refractivity contribution in [1.29, 1.82) is 0 Å². The van der Waals surface area contributed by atoms with Gasteiger partial charge in [0.2, 0.25) is 5.91 Å². The van der Waals surface area contributed by atoms with Crippen molar-refractivity contribution in [1.82, 2.24) is 0 Å². The summed E-state index contributed by atoms with van der Waals surface area (Å²) in [4.78, 5) is 23.6. The summed E-state index contributed by atoms with van der Waals surface area (Å²) in [6, 6.07) is 6.35. The summed E-state index contributed by atoms with van der Waals surface area (Å²) in [5.41, 5.74) is 5.88. The lowest BCUT2D eigenvalue weighted by molar-refractivity contribution is -0.000490. The minimum Gasteiger partial charge on any atom is -0.456 e. The van der Waals surface area contributed by atoms with Gasteiger partial charge in [-0.1, -0.05) is 30.9 Å². The predicted molar refractivity (Wildman–Crippen MR) is 83.0 cm³/mol. The molecule has 1 aromatic rings. The third-order valence-electron chi connectivity index (χ3n) is 3.04. The molecule has 0 heterocycles. The maximum absolute atomic E-state index is 12.3. The zero-order valence-electron chi connectivity index (χ0n) is 12.7. The zero-order chi connectivity index (χ0) is 16.0. The summed E-state index contributed by atoms with van der Waals surface area (Å²) in [6.07, 6.45) is 4.18. The average molecular weight is 287 g/mol. The van der Waals surface area contributed by atoms with E-state index < -0.39 is 17.5 Å². The molecule has 112 valence electrons. The highest BCUT2D eigenvalue weighted by Crippen LogP contribution is 2.23. The van der Waals surface area contributed by atoms with Crippen LogP contribution in [-0.4, -0.2) is 17.5 Å². The van der Waals surface area contributed by atoms with Gasteiger partial charge >= 0.3 is 5.97 Å². The number of rotatable bonds is 6. The quantitative estimate of drug-likeness (QED) is 0.645. The second kappa shape index (κ2) is 6.88. The monoisotopic (exact) mass is 287 g/mol. The van der Waals surface area contributed by atoms with Gasteiger partial charge < -0.3 is 10.5 Å². The van der Waals surface area contributed by atoms with Crippen LogP contribution >= 0.6 is 0 Å². The van der Waals surface area contributed by atoms with Crippen LogP contribution in [0.25, 0.3) is 0 Å². The van der Waals surface area contributed by atoms with Crippen LogP contribution in [0.5, 0.6) is 0 Å². The van der Waals surface area contributed by atoms with Crippen LogP contribution in [0.2, 0.25) is 0 Å². The maximum atomic E-state index is 12.3. The number of amides is 1. The predicted octanol–water partition coefficient (Wildman–Crippen LogP) is 3.24. The first-order valence-electron chi connectivity index (χ1n) is 6.70. The normalized spacial score (nSPS) is 11.9. The van der Waals surface area contributed by atoms with E-state index >= 15 is 0 Å². The Balaban J connectivity index is 2.95. The minimum absolute atomic E-state index is 0.160. The molecule has 0 aromatic heterocycles. The molecule has 0 atom stereocenters. The molecule has 0 unspecified atom stereocenters. The largest absolute Gasteiger partial charge is 0.456 e. The number of nitrogens with two attached hydrogens (primary N) is 1. The molecule has 4 nitrogen and oxygen atoms in total. The number of hydrogen-bond donors (Lipinski definition) is 1. The Morgan fingerprint density at radius 3 is 2.33 bits per heavy atom. The molecule has 0 aliphatic rings. The Kier molecular flexibility index (Phi) is 5.47. The van der Waals surface area contributed by atoms with Crippen LogP contribution in [0.3, 0.4) is 0 Å². The van der Waals surface area contributed by atoms with E-state index in [0.29, 0.717) is 6.42 Å². The first-order valence-corrected chi connectivity index (χ1v) is 6.70. The number of ether oxygens (including phenoxy) is 1. The summed E-state index contributed by atoms with van der Waals surface area (Å²) in [6.45, 7) is 9.24. The van der Waals surface area contributed by atoms with Crippen molar-refractivity contribution >= 4 is 11.9 Å². The second-order valence-corrected chi connectivity index (χ2v) is 5.30. The SMILES string of the molecule is C=C/C(=C\C)CC(C)(C)OC(=O)c1ccccc1C(N)=O. The number of esters is 1. The van der Waals surface area contributed by atoms with Crippen molar-refractivity contribution in [2.45, 2.75) is 32.8 Å². The molecule has 0 aliphatic carbocycles. The Morgan fingerprint density at radius 1 is 1.29 bits per heavy atom. The van der Waals surface area contributed by atoms with E-state index in [-0.39, 0.29) is 11.1 Å². The van der Waals surface area contributed by atoms with Crippen LogP contribution in [-0.2, 0) is 4.74 Å². The van der Waals surface area contributed by atoms with Gasteiger partial charge in [-0.3, -0.25) is 4.79 Å². The van der Waals surface area contributed by atoms with Gasteiger partial charge in [0, 0.05) is 6.42 Å². The third-order valence-corrected chi connectivity index (χ3v) is 3.04. The molecule has 4 heteroatoms. The van der Waals surface area contributed by atoms with Gasteiger partial charge in [-0.2, -0.15) is 0 Å². The van der Waals surface area contributed by atoms with E-state index in [0.717, 1.165) is 5.57 Å². The topological polar surface area (TPSA) is 69.4 Å². The van der Waals surface area contributed by atoms with Crippen molar-refractivity contribution in [3.63, 3.8) is 0 Å². The third kappa shape index (κ3) is 4.60. The minimum atomic E-state index is -0.710. The summed E-state index contributed by atoms with van der Waals surface area (Å²) in [5.74, 6) is -1.21. The van der Waals surface area contributed by atoms with E-state index in [2.05, 4.69) is 6.58 Å². The Morgan fingerprint density at radius 2 is 1.86 bits per heavy atom. The standard InChI is InChI=1S/C17H21NO3/c1-5-12(6-2)11-17(3,4)21-16(20)14-10-8-7-9-13(14)15(18)19/h5-10H,1,11H2,2-4H3,(H2,18,19)/b12-6+. The fraction of sp³-hybridized carbons (Fsp3) is 0.294. The molecule has 0 radical (unpaired) electrons. The van der Waals surface area contributed by atoms with E-state index in [9.17, 15) is 9.59 Å². The maximum Gasteiger partial charge on any atom is 0.339 e. The van der Waals surface area contributed by atoms with Gasteiger partial charge in [0.1, 0.15) is 5.60 Å². The number of carbonyl (C=O) groups is 2. The smallest absolute Gasteiger partial charge is 0.339 e. The van der Waals surface area contributed by atoms with Crippen molar-refractivity contribution in [3.8, 4) is 0 Å². The molecule has 1 aromatic carbocycles. The highest BCUT2D eigenvalue weighted by molar-refractivity contribution is 6.04. The molecular weight excluding hydrogens is 266 g/mol.